The molecule has 1 aliphatic carbocycles. The molecule has 86 valence electrons. The number of halogens is 3. The Bertz CT molecular complexity index is 427. The van der Waals surface area contributed by atoms with Gasteiger partial charge in [0.25, 0.3) is 0 Å². The van der Waals surface area contributed by atoms with Gasteiger partial charge in [0.15, 0.2) is 0 Å². The maximum atomic E-state index is 12.6. The topological polar surface area (TPSA) is 12.0 Å². The molecule has 1 N–H and O–H groups in total. The Morgan fingerprint density at radius 2 is 2.12 bits per heavy atom. The van der Waals surface area contributed by atoms with E-state index in [-0.39, 0.29) is 5.41 Å². The summed E-state index contributed by atoms with van der Waals surface area (Å²) in [5.41, 5.74) is 0.315. The second-order valence-electron chi connectivity index (χ2n) is 4.77. The highest BCUT2D eigenvalue weighted by molar-refractivity contribution is 5.39. The highest BCUT2D eigenvalue weighted by atomic mass is 19.4. The molecule has 1 heterocycles. The van der Waals surface area contributed by atoms with Crippen LogP contribution in [0.3, 0.4) is 0 Å². The summed E-state index contributed by atoms with van der Waals surface area (Å²) in [4.78, 5) is 0. The third kappa shape index (κ3) is 1.36. The fraction of sp³-hybridized carbons (Fsp3) is 0.500. The van der Waals surface area contributed by atoms with Crippen LogP contribution in [0, 0.1) is 5.92 Å². The van der Waals surface area contributed by atoms with Crippen LogP contribution in [0.5, 0.6) is 0 Å². The van der Waals surface area contributed by atoms with E-state index in [1.165, 1.54) is 12.1 Å². The van der Waals surface area contributed by atoms with E-state index in [1.54, 1.807) is 0 Å². The molecular formula is C12H12F3N. The fourth-order valence-electron chi connectivity index (χ4n) is 2.80. The van der Waals surface area contributed by atoms with Crippen LogP contribution in [0.2, 0.25) is 0 Å². The quantitative estimate of drug-likeness (QED) is 0.777. The Kier molecular flexibility index (Phi) is 1.90. The molecule has 3 rings (SSSR count). The van der Waals surface area contributed by atoms with Gasteiger partial charge in [0.05, 0.1) is 5.56 Å². The average molecular weight is 227 g/mol. The molecule has 2 fully saturated rings. The van der Waals surface area contributed by atoms with E-state index in [0.29, 0.717) is 5.92 Å². The Labute approximate surface area is 91.7 Å². The minimum Gasteiger partial charge on any atom is -0.316 e. The highest BCUT2D eigenvalue weighted by Gasteiger charge is 2.58. The lowest BCUT2D eigenvalue weighted by Crippen LogP contribution is -2.19. The summed E-state index contributed by atoms with van der Waals surface area (Å²) in [5.74, 6) is 0.538. The second-order valence-corrected chi connectivity index (χ2v) is 4.77. The molecular weight excluding hydrogens is 215 g/mol. The van der Waals surface area contributed by atoms with Gasteiger partial charge in [0.1, 0.15) is 0 Å². The van der Waals surface area contributed by atoms with Crippen molar-refractivity contribution in [3.63, 3.8) is 0 Å². The zero-order chi connectivity index (χ0) is 11.4. The first-order valence-corrected chi connectivity index (χ1v) is 5.41. The standard InChI is InChI=1S/C12H12F3N/c13-12(14,15)9-3-1-2-8(4-9)11-5-10(11)6-16-7-11/h1-4,10,16H,5-7H2/t10-,11+/m0/s1. The van der Waals surface area contributed by atoms with Crippen LogP contribution in [0.4, 0.5) is 13.2 Å². The fourth-order valence-corrected chi connectivity index (χ4v) is 2.80. The number of hydrogen-bond donors (Lipinski definition) is 1. The molecule has 1 saturated carbocycles. The van der Waals surface area contributed by atoms with Gasteiger partial charge >= 0.3 is 6.18 Å². The van der Waals surface area contributed by atoms with Crippen molar-refractivity contribution in [2.45, 2.75) is 18.0 Å². The first-order chi connectivity index (χ1) is 7.52. The van der Waals surface area contributed by atoms with E-state index in [4.69, 9.17) is 0 Å². The summed E-state index contributed by atoms with van der Waals surface area (Å²) in [5, 5.41) is 3.24. The first kappa shape index (κ1) is 10.1. The summed E-state index contributed by atoms with van der Waals surface area (Å²) in [6.45, 7) is 1.76. The van der Waals surface area contributed by atoms with Crippen molar-refractivity contribution >= 4 is 0 Å². The average Bonchev–Trinajstić information content (AvgIpc) is 2.81. The largest absolute Gasteiger partial charge is 0.416 e. The molecule has 16 heavy (non-hydrogen) atoms. The number of fused-ring (bicyclic) bond motifs is 1. The smallest absolute Gasteiger partial charge is 0.316 e. The van der Waals surface area contributed by atoms with E-state index in [0.717, 1.165) is 31.1 Å². The summed E-state index contributed by atoms with van der Waals surface area (Å²) in [6.07, 6.45) is -3.20. The molecule has 1 aliphatic heterocycles. The van der Waals surface area contributed by atoms with E-state index < -0.39 is 11.7 Å². The first-order valence-electron chi connectivity index (χ1n) is 5.41. The molecule has 4 heteroatoms. The van der Waals surface area contributed by atoms with Gasteiger partial charge in [-0.15, -0.1) is 0 Å². The molecule has 0 unspecified atom stereocenters. The lowest BCUT2D eigenvalue weighted by atomic mass is 9.93. The van der Waals surface area contributed by atoms with Crippen molar-refractivity contribution in [1.82, 2.24) is 5.32 Å². The van der Waals surface area contributed by atoms with Crippen LogP contribution in [-0.2, 0) is 11.6 Å². The number of alkyl halides is 3. The maximum absolute atomic E-state index is 12.6. The number of benzene rings is 1. The van der Waals surface area contributed by atoms with E-state index in [2.05, 4.69) is 5.32 Å². The van der Waals surface area contributed by atoms with Crippen molar-refractivity contribution < 1.29 is 13.2 Å². The molecule has 2 atom stereocenters. The van der Waals surface area contributed by atoms with Crippen molar-refractivity contribution in [2.24, 2.45) is 5.92 Å². The Morgan fingerprint density at radius 3 is 2.69 bits per heavy atom. The Hall–Kier alpha value is -1.03. The third-order valence-corrected chi connectivity index (χ3v) is 3.83. The van der Waals surface area contributed by atoms with Gasteiger partial charge in [-0.3, -0.25) is 0 Å². The van der Waals surface area contributed by atoms with Crippen molar-refractivity contribution in [3.05, 3.63) is 35.4 Å². The van der Waals surface area contributed by atoms with Gasteiger partial charge in [-0.2, -0.15) is 13.2 Å². The van der Waals surface area contributed by atoms with Crippen LogP contribution < -0.4 is 5.32 Å². The van der Waals surface area contributed by atoms with Crippen LogP contribution in [0.15, 0.2) is 24.3 Å². The van der Waals surface area contributed by atoms with Crippen molar-refractivity contribution in [1.29, 1.82) is 0 Å². The predicted molar refractivity (Wildman–Crippen MR) is 54.1 cm³/mol. The predicted octanol–water partition coefficient (Wildman–Crippen LogP) is 2.57. The Balaban J connectivity index is 1.98. The summed E-state index contributed by atoms with van der Waals surface area (Å²) < 4.78 is 37.7. The van der Waals surface area contributed by atoms with Gasteiger partial charge in [-0.25, -0.2) is 0 Å². The van der Waals surface area contributed by atoms with Gasteiger partial charge in [0, 0.05) is 12.0 Å². The van der Waals surface area contributed by atoms with Crippen molar-refractivity contribution in [2.75, 3.05) is 13.1 Å². The van der Waals surface area contributed by atoms with Gasteiger partial charge in [0.2, 0.25) is 0 Å². The normalized spacial score (nSPS) is 32.6. The molecule has 2 aliphatic rings. The monoisotopic (exact) mass is 227 g/mol. The van der Waals surface area contributed by atoms with Crippen LogP contribution in [0.1, 0.15) is 17.5 Å². The molecule has 0 radical (unpaired) electrons. The van der Waals surface area contributed by atoms with Crippen LogP contribution >= 0.6 is 0 Å². The summed E-state index contributed by atoms with van der Waals surface area (Å²) in [6, 6.07) is 5.79. The highest BCUT2D eigenvalue weighted by Crippen LogP contribution is 2.56. The van der Waals surface area contributed by atoms with Crippen molar-refractivity contribution in [3.8, 4) is 0 Å². The lowest BCUT2D eigenvalue weighted by Gasteiger charge is -2.14. The SMILES string of the molecule is FC(F)(F)c1cccc([C@@]23CNC[C@@H]2C3)c1. The van der Waals surface area contributed by atoms with Gasteiger partial charge in [-0.05, 0) is 30.5 Å². The minimum atomic E-state index is -4.23. The Morgan fingerprint density at radius 1 is 1.31 bits per heavy atom. The van der Waals surface area contributed by atoms with Crippen LogP contribution in [-0.4, -0.2) is 13.1 Å². The number of piperidine rings is 1. The summed E-state index contributed by atoms with van der Waals surface area (Å²) >= 11 is 0. The van der Waals surface area contributed by atoms with Crippen LogP contribution in [0.25, 0.3) is 0 Å². The number of nitrogens with one attached hydrogen (secondary N) is 1. The van der Waals surface area contributed by atoms with Gasteiger partial charge in [-0.1, -0.05) is 18.2 Å². The summed E-state index contributed by atoms with van der Waals surface area (Å²) in [7, 11) is 0. The molecule has 0 amide bonds. The zero-order valence-corrected chi connectivity index (χ0v) is 8.64. The lowest BCUT2D eigenvalue weighted by molar-refractivity contribution is -0.137. The molecule has 1 saturated heterocycles. The number of hydrogen-bond acceptors (Lipinski definition) is 1. The van der Waals surface area contributed by atoms with E-state index in [1.807, 2.05) is 6.07 Å². The van der Waals surface area contributed by atoms with E-state index >= 15 is 0 Å². The minimum absolute atomic E-state index is 0.00125. The molecule has 0 aromatic heterocycles. The molecule has 0 bridgehead atoms. The third-order valence-electron chi connectivity index (χ3n) is 3.83. The molecule has 1 aromatic rings. The molecule has 1 aromatic carbocycles. The second kappa shape index (κ2) is 3.00. The maximum Gasteiger partial charge on any atom is 0.416 e. The zero-order valence-electron chi connectivity index (χ0n) is 8.64. The molecule has 1 nitrogen and oxygen atoms in total. The number of rotatable bonds is 1. The van der Waals surface area contributed by atoms with Gasteiger partial charge < -0.3 is 5.32 Å². The van der Waals surface area contributed by atoms with E-state index in [9.17, 15) is 13.2 Å². The molecule has 0 spiro atoms.